The SMILES string of the molecule is CCCc1cn(CCCO)c2cccc(C(=O)O)c12. The second-order valence-electron chi connectivity index (χ2n) is 4.68. The van der Waals surface area contributed by atoms with E-state index in [1.54, 1.807) is 12.1 Å². The van der Waals surface area contributed by atoms with Crippen molar-refractivity contribution in [2.75, 3.05) is 6.61 Å². The first-order chi connectivity index (χ1) is 9.19. The molecule has 1 heterocycles. The van der Waals surface area contributed by atoms with E-state index < -0.39 is 5.97 Å². The van der Waals surface area contributed by atoms with E-state index >= 15 is 0 Å². The van der Waals surface area contributed by atoms with Gasteiger partial charge >= 0.3 is 5.97 Å². The van der Waals surface area contributed by atoms with Crippen LogP contribution in [-0.4, -0.2) is 27.4 Å². The second kappa shape index (κ2) is 5.89. The topological polar surface area (TPSA) is 62.5 Å². The maximum atomic E-state index is 11.3. The number of aliphatic hydroxyl groups is 1. The van der Waals surface area contributed by atoms with Crippen LogP contribution in [0.1, 0.15) is 35.7 Å². The number of hydrogen-bond acceptors (Lipinski definition) is 2. The van der Waals surface area contributed by atoms with E-state index in [9.17, 15) is 9.90 Å². The van der Waals surface area contributed by atoms with E-state index in [0.717, 1.165) is 29.3 Å². The number of carboxylic acids is 1. The predicted octanol–water partition coefficient (Wildman–Crippen LogP) is 2.67. The average Bonchev–Trinajstić information content (AvgIpc) is 2.75. The van der Waals surface area contributed by atoms with Gasteiger partial charge in [-0.05, 0) is 30.5 Å². The lowest BCUT2D eigenvalue weighted by molar-refractivity contribution is 0.0699. The molecule has 0 saturated heterocycles. The van der Waals surface area contributed by atoms with Gasteiger partial charge in [0.05, 0.1) is 5.56 Å². The molecule has 0 aliphatic rings. The third-order valence-corrected chi connectivity index (χ3v) is 3.29. The van der Waals surface area contributed by atoms with Gasteiger partial charge in [0.2, 0.25) is 0 Å². The minimum atomic E-state index is -0.886. The molecule has 1 aromatic carbocycles. The van der Waals surface area contributed by atoms with Gasteiger partial charge in [-0.15, -0.1) is 0 Å². The fourth-order valence-corrected chi connectivity index (χ4v) is 2.50. The zero-order valence-corrected chi connectivity index (χ0v) is 11.1. The minimum Gasteiger partial charge on any atom is -0.478 e. The molecule has 1 aromatic heterocycles. The van der Waals surface area contributed by atoms with E-state index in [-0.39, 0.29) is 6.61 Å². The van der Waals surface area contributed by atoms with E-state index in [4.69, 9.17) is 5.11 Å². The van der Waals surface area contributed by atoms with Gasteiger partial charge in [-0.1, -0.05) is 19.4 Å². The van der Waals surface area contributed by atoms with Crippen molar-refractivity contribution in [3.63, 3.8) is 0 Å². The van der Waals surface area contributed by atoms with Gasteiger partial charge in [0.1, 0.15) is 0 Å². The number of nitrogens with zero attached hydrogens (tertiary/aromatic N) is 1. The Morgan fingerprint density at radius 1 is 1.37 bits per heavy atom. The third-order valence-electron chi connectivity index (χ3n) is 3.29. The maximum absolute atomic E-state index is 11.3. The number of hydrogen-bond donors (Lipinski definition) is 2. The third kappa shape index (κ3) is 2.63. The van der Waals surface area contributed by atoms with Gasteiger partial charge in [0.15, 0.2) is 0 Å². The summed E-state index contributed by atoms with van der Waals surface area (Å²) in [7, 11) is 0. The first kappa shape index (κ1) is 13.6. The lowest BCUT2D eigenvalue weighted by Crippen LogP contribution is -2.00. The quantitative estimate of drug-likeness (QED) is 0.840. The molecular formula is C15H19NO3. The van der Waals surface area contributed by atoms with E-state index in [1.165, 1.54) is 0 Å². The fourth-order valence-electron chi connectivity index (χ4n) is 2.50. The zero-order chi connectivity index (χ0) is 13.8. The zero-order valence-electron chi connectivity index (χ0n) is 11.1. The van der Waals surface area contributed by atoms with E-state index in [0.29, 0.717) is 18.5 Å². The van der Waals surface area contributed by atoms with Gasteiger partial charge in [0, 0.05) is 30.3 Å². The monoisotopic (exact) mass is 261 g/mol. The van der Waals surface area contributed by atoms with Gasteiger partial charge in [-0.2, -0.15) is 0 Å². The highest BCUT2D eigenvalue weighted by molar-refractivity contribution is 6.04. The second-order valence-corrected chi connectivity index (χ2v) is 4.68. The summed E-state index contributed by atoms with van der Waals surface area (Å²) in [5, 5.41) is 19.1. The molecule has 0 atom stereocenters. The molecule has 0 aliphatic heterocycles. The molecule has 0 unspecified atom stereocenters. The number of carboxylic acid groups (broad SMARTS) is 1. The summed E-state index contributed by atoms with van der Waals surface area (Å²) in [6.07, 6.45) is 4.54. The molecule has 0 saturated carbocycles. The molecule has 102 valence electrons. The van der Waals surface area contributed by atoms with Crippen LogP contribution in [0.15, 0.2) is 24.4 Å². The smallest absolute Gasteiger partial charge is 0.336 e. The highest BCUT2D eigenvalue weighted by Crippen LogP contribution is 2.26. The molecule has 4 nitrogen and oxygen atoms in total. The molecule has 2 aromatic rings. The van der Waals surface area contributed by atoms with Crippen LogP contribution in [0.25, 0.3) is 10.9 Å². The molecular weight excluding hydrogens is 242 g/mol. The average molecular weight is 261 g/mol. The number of benzene rings is 1. The summed E-state index contributed by atoms with van der Waals surface area (Å²) in [4.78, 5) is 11.3. The van der Waals surface area contributed by atoms with Crippen LogP contribution in [0.4, 0.5) is 0 Å². The lowest BCUT2D eigenvalue weighted by Gasteiger charge is -2.04. The van der Waals surface area contributed by atoms with Gasteiger partial charge < -0.3 is 14.8 Å². The Balaban J connectivity index is 2.60. The summed E-state index contributed by atoms with van der Waals surface area (Å²) in [6, 6.07) is 5.37. The van der Waals surface area contributed by atoms with Crippen molar-refractivity contribution >= 4 is 16.9 Å². The summed E-state index contributed by atoms with van der Waals surface area (Å²) >= 11 is 0. The first-order valence-electron chi connectivity index (χ1n) is 6.64. The largest absolute Gasteiger partial charge is 0.478 e. The molecule has 2 N–H and O–H groups in total. The summed E-state index contributed by atoms with van der Waals surface area (Å²) in [6.45, 7) is 2.93. The molecule has 19 heavy (non-hydrogen) atoms. The van der Waals surface area contributed by atoms with Gasteiger partial charge in [0.25, 0.3) is 0 Å². The molecule has 0 radical (unpaired) electrons. The number of aryl methyl sites for hydroxylation is 2. The van der Waals surface area contributed by atoms with Crippen molar-refractivity contribution in [3.05, 3.63) is 35.5 Å². The summed E-state index contributed by atoms with van der Waals surface area (Å²) < 4.78 is 2.04. The van der Waals surface area contributed by atoms with Crippen LogP contribution in [0.2, 0.25) is 0 Å². The van der Waals surface area contributed by atoms with Gasteiger partial charge in [-0.3, -0.25) is 0 Å². The van der Waals surface area contributed by atoms with Gasteiger partial charge in [-0.25, -0.2) is 4.79 Å². The number of aromatic carboxylic acids is 1. The Kier molecular flexibility index (Phi) is 4.22. The predicted molar refractivity (Wildman–Crippen MR) is 74.6 cm³/mol. The normalized spacial score (nSPS) is 11.1. The molecule has 0 aliphatic carbocycles. The Bertz CT molecular complexity index is 586. The van der Waals surface area contributed by atoms with Crippen molar-refractivity contribution in [1.82, 2.24) is 4.57 Å². The van der Waals surface area contributed by atoms with Crippen molar-refractivity contribution in [3.8, 4) is 0 Å². The van der Waals surface area contributed by atoms with Crippen LogP contribution < -0.4 is 0 Å². The lowest BCUT2D eigenvalue weighted by atomic mass is 10.0. The first-order valence-corrected chi connectivity index (χ1v) is 6.64. The molecule has 2 rings (SSSR count). The van der Waals surface area contributed by atoms with E-state index in [1.807, 2.05) is 16.8 Å². The molecule has 0 fully saturated rings. The Labute approximate surface area is 112 Å². The fraction of sp³-hybridized carbons (Fsp3) is 0.400. The van der Waals surface area contributed by atoms with Crippen LogP contribution >= 0.6 is 0 Å². The Morgan fingerprint density at radius 2 is 2.16 bits per heavy atom. The van der Waals surface area contributed by atoms with Crippen LogP contribution in [-0.2, 0) is 13.0 Å². The Morgan fingerprint density at radius 3 is 2.79 bits per heavy atom. The van der Waals surface area contributed by atoms with Crippen molar-refractivity contribution in [2.45, 2.75) is 32.7 Å². The van der Waals surface area contributed by atoms with Crippen molar-refractivity contribution in [1.29, 1.82) is 0 Å². The molecule has 4 heteroatoms. The maximum Gasteiger partial charge on any atom is 0.336 e. The highest BCUT2D eigenvalue weighted by atomic mass is 16.4. The molecule has 0 bridgehead atoms. The number of rotatable bonds is 6. The number of carbonyl (C=O) groups is 1. The van der Waals surface area contributed by atoms with Crippen molar-refractivity contribution in [2.24, 2.45) is 0 Å². The Hall–Kier alpha value is -1.81. The van der Waals surface area contributed by atoms with Crippen LogP contribution in [0.3, 0.4) is 0 Å². The molecule has 0 spiro atoms. The van der Waals surface area contributed by atoms with Crippen LogP contribution in [0, 0.1) is 0 Å². The number of aromatic nitrogens is 1. The number of fused-ring (bicyclic) bond motifs is 1. The standard InChI is InChI=1S/C15H19NO3/c1-2-5-11-10-16(8-4-9-17)13-7-3-6-12(14(11)13)15(18)19/h3,6-7,10,17H,2,4-5,8-9H2,1H3,(H,18,19). The minimum absolute atomic E-state index is 0.140. The van der Waals surface area contributed by atoms with Crippen molar-refractivity contribution < 1.29 is 15.0 Å². The summed E-state index contributed by atoms with van der Waals surface area (Å²) in [5.74, 6) is -0.886. The van der Waals surface area contributed by atoms with E-state index in [2.05, 4.69) is 6.92 Å². The summed E-state index contributed by atoms with van der Waals surface area (Å²) in [5.41, 5.74) is 2.38. The number of aliphatic hydroxyl groups excluding tert-OH is 1. The highest BCUT2D eigenvalue weighted by Gasteiger charge is 2.15. The molecule has 0 amide bonds. The van der Waals surface area contributed by atoms with Crippen LogP contribution in [0.5, 0.6) is 0 Å².